The molecule has 0 spiro atoms. The van der Waals surface area contributed by atoms with Crippen LogP contribution in [0.2, 0.25) is 5.82 Å². The summed E-state index contributed by atoms with van der Waals surface area (Å²) in [5.41, 5.74) is 0. The van der Waals surface area contributed by atoms with Crippen molar-refractivity contribution in [2.75, 3.05) is 6.61 Å². The van der Waals surface area contributed by atoms with Gasteiger partial charge >= 0.3 is 7.12 Å². The Bertz CT molecular complexity index is 254. The molecule has 21 heavy (non-hydrogen) atoms. The quantitative estimate of drug-likeness (QED) is 0.377. The van der Waals surface area contributed by atoms with Crippen LogP contribution >= 0.6 is 0 Å². The molecule has 1 unspecified atom stereocenters. The maximum absolute atomic E-state index is 6.14. The van der Waals surface area contributed by atoms with Gasteiger partial charge in [0.25, 0.3) is 0 Å². The van der Waals surface area contributed by atoms with Crippen molar-refractivity contribution in [1.29, 1.82) is 0 Å². The molecule has 1 aliphatic heterocycles. The lowest BCUT2D eigenvalue weighted by atomic mass is 9.65. The molecule has 2 aliphatic rings. The topological polar surface area (TPSA) is 18.5 Å². The van der Waals surface area contributed by atoms with Gasteiger partial charge in [0, 0.05) is 0 Å². The van der Waals surface area contributed by atoms with Crippen molar-refractivity contribution >= 4 is 7.12 Å². The molecular formula is C18H35BO2. The van der Waals surface area contributed by atoms with Gasteiger partial charge < -0.3 is 9.31 Å². The minimum absolute atomic E-state index is 0.129. The van der Waals surface area contributed by atoms with Crippen LogP contribution < -0.4 is 0 Å². The van der Waals surface area contributed by atoms with Crippen molar-refractivity contribution in [2.45, 2.75) is 109 Å². The summed E-state index contributed by atoms with van der Waals surface area (Å²) in [6.45, 7) is 3.13. The lowest BCUT2D eigenvalue weighted by Crippen LogP contribution is -2.25. The average molecular weight is 294 g/mol. The molecule has 2 nitrogen and oxygen atoms in total. The lowest BCUT2D eigenvalue weighted by molar-refractivity contribution is 0.213. The van der Waals surface area contributed by atoms with E-state index in [1.807, 2.05) is 0 Å². The van der Waals surface area contributed by atoms with Gasteiger partial charge in [-0.05, 0) is 12.2 Å². The van der Waals surface area contributed by atoms with E-state index in [4.69, 9.17) is 9.31 Å². The number of rotatable bonds is 10. The largest absolute Gasteiger partial charge is 0.460 e. The molecule has 0 radical (unpaired) electrons. The molecule has 1 atom stereocenters. The fourth-order valence-electron chi connectivity index (χ4n) is 3.78. The first-order valence-electron chi connectivity index (χ1n) is 9.67. The Morgan fingerprint density at radius 3 is 2.24 bits per heavy atom. The lowest BCUT2D eigenvalue weighted by Gasteiger charge is -2.22. The van der Waals surface area contributed by atoms with Crippen LogP contribution in [0, 0.1) is 0 Å². The number of unbranched alkanes of at least 4 members (excludes halogenated alkanes) is 7. The molecule has 2 fully saturated rings. The van der Waals surface area contributed by atoms with Gasteiger partial charge in [-0.2, -0.15) is 0 Å². The predicted molar refractivity (Wildman–Crippen MR) is 90.6 cm³/mol. The van der Waals surface area contributed by atoms with Gasteiger partial charge in [-0.3, -0.25) is 0 Å². The van der Waals surface area contributed by atoms with Crippen molar-refractivity contribution in [3.8, 4) is 0 Å². The summed E-state index contributed by atoms with van der Waals surface area (Å²) in [4.78, 5) is 0. The zero-order valence-electron chi connectivity index (χ0n) is 14.2. The molecule has 1 saturated heterocycles. The van der Waals surface area contributed by atoms with Gasteiger partial charge in [0.1, 0.15) is 0 Å². The molecule has 0 amide bonds. The molecule has 0 aromatic rings. The molecular weight excluding hydrogens is 259 g/mol. The second-order valence-electron chi connectivity index (χ2n) is 7.12. The monoisotopic (exact) mass is 294 g/mol. The summed E-state index contributed by atoms with van der Waals surface area (Å²) >= 11 is 0. The van der Waals surface area contributed by atoms with Gasteiger partial charge in [-0.1, -0.05) is 90.4 Å². The van der Waals surface area contributed by atoms with Crippen LogP contribution in [-0.2, 0) is 9.31 Å². The summed E-state index contributed by atoms with van der Waals surface area (Å²) in [5, 5.41) is 0. The molecule has 1 heterocycles. The fraction of sp³-hybridized carbons (Fsp3) is 1.00. The highest BCUT2D eigenvalue weighted by atomic mass is 16.6. The Morgan fingerprint density at radius 1 is 0.857 bits per heavy atom. The highest BCUT2D eigenvalue weighted by Gasteiger charge is 2.38. The van der Waals surface area contributed by atoms with Crippen LogP contribution in [-0.4, -0.2) is 19.8 Å². The molecule has 3 heteroatoms. The molecule has 0 N–H and O–H groups in total. The van der Waals surface area contributed by atoms with Crippen LogP contribution in [0.4, 0.5) is 0 Å². The molecule has 1 saturated carbocycles. The van der Waals surface area contributed by atoms with Gasteiger partial charge in [0.2, 0.25) is 0 Å². The fourth-order valence-corrected chi connectivity index (χ4v) is 3.78. The third-order valence-electron chi connectivity index (χ3n) is 5.19. The maximum Gasteiger partial charge on any atom is 0.460 e. The van der Waals surface area contributed by atoms with Crippen LogP contribution in [0.5, 0.6) is 0 Å². The van der Waals surface area contributed by atoms with Gasteiger partial charge in [-0.15, -0.1) is 0 Å². The van der Waals surface area contributed by atoms with Gasteiger partial charge in [0.05, 0.1) is 12.7 Å². The SMILES string of the molecule is CCCCCCCCCCC1COB(C2CCCCC2)O1. The van der Waals surface area contributed by atoms with Gasteiger partial charge in [-0.25, -0.2) is 0 Å². The van der Waals surface area contributed by atoms with E-state index < -0.39 is 0 Å². The van der Waals surface area contributed by atoms with Crippen molar-refractivity contribution in [3.05, 3.63) is 0 Å². The van der Waals surface area contributed by atoms with E-state index in [1.54, 1.807) is 0 Å². The normalized spacial score (nSPS) is 23.9. The Labute approximate surface area is 132 Å². The zero-order chi connectivity index (χ0) is 14.8. The Kier molecular flexibility index (Phi) is 8.81. The molecule has 0 bridgehead atoms. The highest BCUT2D eigenvalue weighted by Crippen LogP contribution is 2.34. The summed E-state index contributed by atoms with van der Waals surface area (Å²) < 4.78 is 12.0. The van der Waals surface area contributed by atoms with E-state index in [1.165, 1.54) is 89.9 Å². The Hall–Kier alpha value is -0.0151. The first kappa shape index (κ1) is 17.3. The van der Waals surface area contributed by atoms with E-state index in [9.17, 15) is 0 Å². The van der Waals surface area contributed by atoms with Crippen molar-refractivity contribution in [2.24, 2.45) is 0 Å². The van der Waals surface area contributed by atoms with Crippen LogP contribution in [0.1, 0.15) is 96.8 Å². The number of hydrogen-bond donors (Lipinski definition) is 0. The maximum atomic E-state index is 6.14. The van der Waals surface area contributed by atoms with E-state index in [-0.39, 0.29) is 7.12 Å². The first-order valence-corrected chi connectivity index (χ1v) is 9.67. The average Bonchev–Trinajstić information content (AvgIpc) is 3.00. The van der Waals surface area contributed by atoms with Crippen LogP contribution in [0.15, 0.2) is 0 Å². The summed E-state index contributed by atoms with van der Waals surface area (Å²) in [6.07, 6.45) is 19.5. The van der Waals surface area contributed by atoms with Gasteiger partial charge in [0.15, 0.2) is 0 Å². The summed E-state index contributed by atoms with van der Waals surface area (Å²) in [6, 6.07) is 0. The predicted octanol–water partition coefficient (Wildman–Crippen LogP) is 5.76. The van der Waals surface area contributed by atoms with Crippen LogP contribution in [0.25, 0.3) is 0 Å². The van der Waals surface area contributed by atoms with E-state index >= 15 is 0 Å². The molecule has 0 aromatic carbocycles. The Morgan fingerprint density at radius 2 is 1.52 bits per heavy atom. The third kappa shape index (κ3) is 6.73. The minimum atomic E-state index is 0.129. The minimum Gasteiger partial charge on any atom is -0.408 e. The molecule has 122 valence electrons. The standard InChI is InChI=1S/C18H35BO2/c1-2-3-4-5-6-7-8-12-15-18-16-20-19(21-18)17-13-10-9-11-14-17/h17-18H,2-16H2,1H3. The molecule has 1 aliphatic carbocycles. The van der Waals surface area contributed by atoms with Crippen molar-refractivity contribution < 1.29 is 9.31 Å². The molecule has 2 rings (SSSR count). The third-order valence-corrected chi connectivity index (χ3v) is 5.19. The summed E-state index contributed by atoms with van der Waals surface area (Å²) in [5.74, 6) is 0.683. The van der Waals surface area contributed by atoms with E-state index in [0.717, 1.165) is 6.61 Å². The van der Waals surface area contributed by atoms with Crippen molar-refractivity contribution in [3.63, 3.8) is 0 Å². The highest BCUT2D eigenvalue weighted by molar-refractivity contribution is 6.47. The summed E-state index contributed by atoms with van der Waals surface area (Å²) in [7, 11) is 0.129. The second kappa shape index (κ2) is 10.7. The molecule has 0 aromatic heterocycles. The van der Waals surface area contributed by atoms with Crippen molar-refractivity contribution in [1.82, 2.24) is 0 Å². The van der Waals surface area contributed by atoms with Crippen LogP contribution in [0.3, 0.4) is 0 Å². The van der Waals surface area contributed by atoms with E-state index in [2.05, 4.69) is 6.92 Å². The Balaban J connectivity index is 1.45. The smallest absolute Gasteiger partial charge is 0.408 e. The van der Waals surface area contributed by atoms with E-state index in [0.29, 0.717) is 11.9 Å². The second-order valence-corrected chi connectivity index (χ2v) is 7.12. The first-order chi connectivity index (χ1) is 10.4. The number of hydrogen-bond acceptors (Lipinski definition) is 2. The zero-order valence-corrected chi connectivity index (χ0v) is 14.2.